The van der Waals surface area contributed by atoms with E-state index in [-0.39, 0.29) is 24.9 Å². The number of esters is 1. The molecule has 1 rings (SSSR count). The molecule has 1 aromatic carbocycles. The second-order valence-electron chi connectivity index (χ2n) is 7.13. The maximum Gasteiger partial charge on any atom is 0.534 e. The van der Waals surface area contributed by atoms with E-state index in [1.165, 1.54) is 13.0 Å². The molecule has 0 aliphatic rings. The number of alkyl halides is 3. The van der Waals surface area contributed by atoms with Gasteiger partial charge in [0.05, 0.1) is 12.2 Å². The normalized spacial score (nSPS) is 13.1. The fourth-order valence-electron chi connectivity index (χ4n) is 2.16. The van der Waals surface area contributed by atoms with Gasteiger partial charge in [-0.1, -0.05) is 6.07 Å². The fraction of sp³-hybridized carbons (Fsp3) is 0.500. The molecule has 0 spiro atoms. The molecule has 0 bridgehead atoms. The van der Waals surface area contributed by atoms with Gasteiger partial charge in [0.2, 0.25) is 0 Å². The number of amides is 1. The van der Waals surface area contributed by atoms with E-state index < -0.39 is 50.6 Å². The number of hydrogen-bond donors (Lipinski definition) is 1. The standard InChI is InChI=1S/C18H22F3NO8S/c1-5-28-15(24)13(22-16(25)29-17(2,3)4)8-11-6-7-12(10-23)14(9-11)30-31(26,27)18(19,20)21/h6-7,9-10,13H,5,8H2,1-4H3,(H,22,25). The van der Waals surface area contributed by atoms with E-state index in [4.69, 9.17) is 9.47 Å². The number of aldehydes is 1. The number of ether oxygens (including phenoxy) is 2. The van der Waals surface area contributed by atoms with Gasteiger partial charge in [0.25, 0.3) is 0 Å². The lowest BCUT2D eigenvalue weighted by atomic mass is 10.0. The number of benzene rings is 1. The highest BCUT2D eigenvalue weighted by molar-refractivity contribution is 7.88. The molecule has 1 aromatic rings. The first kappa shape index (κ1) is 26.2. The van der Waals surface area contributed by atoms with Gasteiger partial charge in [-0.05, 0) is 45.4 Å². The van der Waals surface area contributed by atoms with Gasteiger partial charge in [0.1, 0.15) is 11.6 Å². The molecule has 13 heteroatoms. The second kappa shape index (κ2) is 9.98. The Morgan fingerprint density at radius 2 is 1.81 bits per heavy atom. The van der Waals surface area contributed by atoms with Crippen LogP contribution >= 0.6 is 0 Å². The molecular weight excluding hydrogens is 447 g/mol. The lowest BCUT2D eigenvalue weighted by Gasteiger charge is -2.23. The number of nitrogens with one attached hydrogen (secondary N) is 1. The minimum atomic E-state index is -6.03. The van der Waals surface area contributed by atoms with E-state index in [2.05, 4.69) is 9.50 Å². The summed E-state index contributed by atoms with van der Waals surface area (Å²) in [6.07, 6.45) is -1.17. The summed E-state index contributed by atoms with van der Waals surface area (Å²) in [5.41, 5.74) is -6.98. The molecule has 1 amide bonds. The van der Waals surface area contributed by atoms with Crippen LogP contribution in [-0.2, 0) is 30.8 Å². The highest BCUT2D eigenvalue weighted by Gasteiger charge is 2.48. The van der Waals surface area contributed by atoms with Crippen molar-refractivity contribution in [2.45, 2.75) is 51.3 Å². The quantitative estimate of drug-likeness (QED) is 0.267. The first-order valence-corrected chi connectivity index (χ1v) is 10.3. The molecule has 1 unspecified atom stereocenters. The van der Waals surface area contributed by atoms with Crippen LogP contribution in [-0.4, -0.2) is 50.5 Å². The summed E-state index contributed by atoms with van der Waals surface area (Å²) < 4.78 is 74.4. The summed E-state index contributed by atoms with van der Waals surface area (Å²) >= 11 is 0. The minimum Gasteiger partial charge on any atom is -0.464 e. The fourth-order valence-corrected chi connectivity index (χ4v) is 2.64. The molecule has 0 heterocycles. The van der Waals surface area contributed by atoms with Gasteiger partial charge in [-0.25, -0.2) is 9.59 Å². The topological polar surface area (TPSA) is 125 Å². The monoisotopic (exact) mass is 469 g/mol. The molecule has 0 aromatic heterocycles. The first-order valence-electron chi connectivity index (χ1n) is 8.84. The molecule has 1 atom stereocenters. The smallest absolute Gasteiger partial charge is 0.464 e. The molecule has 0 saturated heterocycles. The van der Waals surface area contributed by atoms with Crippen molar-refractivity contribution in [2.75, 3.05) is 6.61 Å². The van der Waals surface area contributed by atoms with E-state index >= 15 is 0 Å². The molecule has 31 heavy (non-hydrogen) atoms. The summed E-state index contributed by atoms with van der Waals surface area (Å²) in [6.45, 7) is 6.28. The highest BCUT2D eigenvalue weighted by atomic mass is 32.2. The SMILES string of the molecule is CCOC(=O)C(Cc1ccc(C=O)c(OS(=O)(=O)C(F)(F)F)c1)NC(=O)OC(C)(C)C. The predicted octanol–water partition coefficient (Wildman–Crippen LogP) is 2.73. The zero-order chi connectivity index (χ0) is 24.0. The summed E-state index contributed by atoms with van der Waals surface area (Å²) in [5, 5.41) is 2.28. The number of halogens is 3. The number of carbonyl (C=O) groups is 3. The van der Waals surface area contributed by atoms with E-state index in [1.54, 1.807) is 20.8 Å². The molecule has 174 valence electrons. The third-order valence-corrected chi connectivity index (χ3v) is 4.36. The molecule has 0 fully saturated rings. The maximum absolute atomic E-state index is 12.6. The van der Waals surface area contributed by atoms with Gasteiger partial charge < -0.3 is 19.0 Å². The Kier molecular flexibility index (Phi) is 8.44. The van der Waals surface area contributed by atoms with Gasteiger partial charge in [-0.2, -0.15) is 21.6 Å². The van der Waals surface area contributed by atoms with Crippen LogP contribution in [0.4, 0.5) is 18.0 Å². The largest absolute Gasteiger partial charge is 0.534 e. The Bertz CT molecular complexity index is 923. The van der Waals surface area contributed by atoms with Gasteiger partial charge in [0.15, 0.2) is 12.0 Å². The Morgan fingerprint density at radius 3 is 2.29 bits per heavy atom. The van der Waals surface area contributed by atoms with Crippen molar-refractivity contribution in [1.82, 2.24) is 5.32 Å². The number of alkyl carbamates (subject to hydrolysis) is 1. The molecule has 0 aliphatic carbocycles. The van der Waals surface area contributed by atoms with E-state index in [0.717, 1.165) is 12.1 Å². The molecule has 1 N–H and O–H groups in total. The van der Waals surface area contributed by atoms with Crippen molar-refractivity contribution < 1.29 is 49.6 Å². The summed E-state index contributed by atoms with van der Waals surface area (Å²) in [5.74, 6) is -1.75. The number of carbonyl (C=O) groups excluding carboxylic acids is 3. The van der Waals surface area contributed by atoms with Crippen molar-refractivity contribution in [3.05, 3.63) is 29.3 Å². The summed E-state index contributed by atoms with van der Waals surface area (Å²) in [7, 11) is -6.03. The molecule has 0 radical (unpaired) electrons. The third-order valence-electron chi connectivity index (χ3n) is 3.39. The highest BCUT2D eigenvalue weighted by Crippen LogP contribution is 2.29. The van der Waals surface area contributed by atoms with Crippen molar-refractivity contribution in [1.29, 1.82) is 0 Å². The Hall–Kier alpha value is -2.83. The van der Waals surface area contributed by atoms with Crippen LogP contribution < -0.4 is 9.50 Å². The van der Waals surface area contributed by atoms with Crippen molar-refractivity contribution >= 4 is 28.5 Å². The lowest BCUT2D eigenvalue weighted by molar-refractivity contribution is -0.145. The van der Waals surface area contributed by atoms with Gasteiger partial charge in [0, 0.05) is 6.42 Å². The molecular formula is C18H22F3NO8S. The molecule has 9 nitrogen and oxygen atoms in total. The van der Waals surface area contributed by atoms with Crippen LogP contribution in [0.25, 0.3) is 0 Å². The summed E-state index contributed by atoms with van der Waals surface area (Å²) in [4.78, 5) is 35.3. The Morgan fingerprint density at radius 1 is 1.19 bits per heavy atom. The second-order valence-corrected chi connectivity index (χ2v) is 8.67. The first-order chi connectivity index (χ1) is 14.1. The lowest BCUT2D eigenvalue weighted by Crippen LogP contribution is -2.45. The zero-order valence-electron chi connectivity index (χ0n) is 17.1. The molecule has 0 saturated carbocycles. The van der Waals surface area contributed by atoms with Crippen molar-refractivity contribution in [3.63, 3.8) is 0 Å². The van der Waals surface area contributed by atoms with Crippen LogP contribution in [0.2, 0.25) is 0 Å². The Balaban J connectivity index is 3.21. The average molecular weight is 469 g/mol. The zero-order valence-corrected chi connectivity index (χ0v) is 17.9. The van der Waals surface area contributed by atoms with Gasteiger partial charge >= 0.3 is 27.7 Å². The van der Waals surface area contributed by atoms with Crippen LogP contribution in [0.5, 0.6) is 5.75 Å². The van der Waals surface area contributed by atoms with Gasteiger partial charge in [-0.15, -0.1) is 0 Å². The van der Waals surface area contributed by atoms with Crippen LogP contribution in [0.1, 0.15) is 43.6 Å². The summed E-state index contributed by atoms with van der Waals surface area (Å²) in [6, 6.07) is 1.79. The predicted molar refractivity (Wildman–Crippen MR) is 101 cm³/mol. The third kappa shape index (κ3) is 8.07. The Labute approximate surface area is 177 Å². The average Bonchev–Trinajstić information content (AvgIpc) is 2.58. The maximum atomic E-state index is 12.6. The van der Waals surface area contributed by atoms with Crippen molar-refractivity contribution in [2.24, 2.45) is 0 Å². The number of rotatable bonds is 8. The van der Waals surface area contributed by atoms with Crippen LogP contribution in [0.3, 0.4) is 0 Å². The van der Waals surface area contributed by atoms with Crippen molar-refractivity contribution in [3.8, 4) is 5.75 Å². The van der Waals surface area contributed by atoms with E-state index in [1.807, 2.05) is 0 Å². The van der Waals surface area contributed by atoms with E-state index in [0.29, 0.717) is 0 Å². The minimum absolute atomic E-state index is 0.0202. The number of hydrogen-bond acceptors (Lipinski definition) is 8. The molecule has 0 aliphatic heterocycles. The van der Waals surface area contributed by atoms with E-state index in [9.17, 15) is 36.0 Å². The van der Waals surface area contributed by atoms with Gasteiger partial charge in [-0.3, -0.25) is 4.79 Å². The van der Waals surface area contributed by atoms with Crippen LogP contribution in [0, 0.1) is 0 Å². The van der Waals surface area contributed by atoms with Crippen LogP contribution in [0.15, 0.2) is 18.2 Å².